The molecule has 0 aliphatic heterocycles. The Morgan fingerprint density at radius 1 is 0.456 bits per heavy atom. The van der Waals surface area contributed by atoms with E-state index in [1.807, 2.05) is 36.4 Å². The summed E-state index contributed by atoms with van der Waals surface area (Å²) >= 11 is 0. The van der Waals surface area contributed by atoms with Gasteiger partial charge < -0.3 is 4.42 Å². The second kappa shape index (κ2) is 13.2. The molecule has 258 valence electrons. The number of allylic oxidation sites excluding steroid dienone is 1. The van der Waals surface area contributed by atoms with Crippen LogP contribution in [0.15, 0.2) is 70.6 Å². The van der Waals surface area contributed by atoms with E-state index in [4.69, 9.17) is 19.4 Å². The van der Waals surface area contributed by atoms with Gasteiger partial charge in [-0.05, 0) is 27.6 Å². The maximum Gasteiger partial charge on any atom is 0.164 e. The second-order valence-electron chi connectivity index (χ2n) is 17.3. The van der Waals surface area contributed by atoms with Gasteiger partial charge in [0.25, 0.3) is 0 Å². The summed E-state index contributed by atoms with van der Waals surface area (Å²) in [7, 11) is 32.5. The molecular weight excluding hydrogens is 678 g/mol. The van der Waals surface area contributed by atoms with Gasteiger partial charge in [-0.3, -0.25) is 0 Å². The highest BCUT2D eigenvalue weighted by atomic mass is 16.3. The van der Waals surface area contributed by atoms with Crippen molar-refractivity contribution in [3.63, 3.8) is 0 Å². The third-order valence-corrected chi connectivity index (χ3v) is 15.0. The molecule has 0 saturated carbocycles. The molecule has 0 N–H and O–H groups in total. The number of nitrogens with zero attached hydrogens (tertiary/aromatic N) is 3. The number of hydrogen-bond donors (Lipinski definition) is 0. The fraction of sp³-hybridized carbons (Fsp3) is 0.0513. The van der Waals surface area contributed by atoms with Gasteiger partial charge in [0.15, 0.2) is 17.5 Å². The lowest BCUT2D eigenvalue weighted by atomic mass is 9.46. The number of furan rings is 1. The van der Waals surface area contributed by atoms with Crippen LogP contribution in [0, 0.1) is 0 Å². The Morgan fingerprint density at radius 2 is 0.860 bits per heavy atom. The van der Waals surface area contributed by atoms with Crippen LogP contribution >= 0.6 is 0 Å². The van der Waals surface area contributed by atoms with E-state index in [0.29, 0.717) is 17.5 Å². The van der Waals surface area contributed by atoms with Crippen LogP contribution in [0.5, 0.6) is 0 Å². The van der Waals surface area contributed by atoms with Gasteiger partial charge in [-0.15, -0.1) is 27.3 Å². The quantitative estimate of drug-likeness (QED) is 0.170. The Labute approximate surface area is 349 Å². The average Bonchev–Trinajstić information content (AvgIpc) is 3.86. The Kier molecular flexibility index (Phi) is 8.74. The zero-order valence-corrected chi connectivity index (χ0v) is 36.1. The van der Waals surface area contributed by atoms with Gasteiger partial charge in [-0.25, -0.2) is 15.0 Å². The number of rotatable bonds is 4. The summed E-state index contributed by atoms with van der Waals surface area (Å²) in [5, 5.41) is 0.683. The van der Waals surface area contributed by atoms with Crippen molar-refractivity contribution in [2.24, 2.45) is 0 Å². The van der Waals surface area contributed by atoms with Crippen LogP contribution in [0.1, 0.15) is 28.4 Å². The average molecular weight is 717 g/mol. The van der Waals surface area contributed by atoms with Crippen LogP contribution in [0.3, 0.4) is 0 Å². The summed E-state index contributed by atoms with van der Waals surface area (Å²) in [4.78, 5) is 15.8. The van der Waals surface area contributed by atoms with Crippen LogP contribution in [-0.4, -0.2) is 125 Å². The molecule has 0 bridgehead atoms. The minimum atomic E-state index is -0.442. The SMILES string of the molecule is BC1=C(B)C(B)(C2c3c(B)c(B)c(B)c(B)c3-c3c(B)c(B)c(B)c(B)c32)c2c1oc1c(B)c(B)c(B)c(-c3nc(-c4ccccc4)nc(-c4ccccc4)n3)c21. The fourth-order valence-corrected chi connectivity index (χ4v) is 10.6. The van der Waals surface area contributed by atoms with Gasteiger partial charge in [-0.2, -0.15) is 0 Å². The molecule has 0 radical (unpaired) electrons. The Hall–Kier alpha value is -4.70. The van der Waals surface area contributed by atoms with E-state index in [2.05, 4.69) is 134 Å². The van der Waals surface area contributed by atoms with E-state index in [0.717, 1.165) is 33.4 Å². The molecule has 1 atom stereocenters. The van der Waals surface area contributed by atoms with Crippen molar-refractivity contribution in [3.05, 3.63) is 88.6 Å². The number of hydrogen-bond acceptors (Lipinski definition) is 4. The second-order valence-corrected chi connectivity index (χ2v) is 17.3. The highest BCUT2D eigenvalue weighted by molar-refractivity contribution is 6.68. The third kappa shape index (κ3) is 5.04. The first-order valence-electron chi connectivity index (χ1n) is 20.4. The summed E-state index contributed by atoms with van der Waals surface area (Å²) in [6.07, 6.45) is 0. The standard InChI is InChI=1S/C39H39B14N3O/c40-21-13-14-16(24(43)29(48)27(46)22(14)41)19(15(13)23(42)28(47)26(21)45)39(53)20-17-18(25(44)30(49)31(50)33(17)57-34(20)32(51)35(39)52)38-55-36(11-7-3-1-4-8-11)54-37(56-38)12-9-5-2-6-10-12/h1-10,19H,40-53H2. The maximum atomic E-state index is 7.25. The van der Waals surface area contributed by atoms with E-state index in [9.17, 15) is 0 Å². The predicted molar refractivity (Wildman–Crippen MR) is 284 cm³/mol. The van der Waals surface area contributed by atoms with E-state index in [-0.39, 0.29) is 5.92 Å². The molecule has 2 aliphatic carbocycles. The van der Waals surface area contributed by atoms with Gasteiger partial charge >= 0.3 is 0 Å². The highest BCUT2D eigenvalue weighted by Crippen LogP contribution is 2.59. The lowest BCUT2D eigenvalue weighted by molar-refractivity contribution is 0.591. The van der Waals surface area contributed by atoms with E-state index >= 15 is 0 Å². The van der Waals surface area contributed by atoms with Crippen molar-refractivity contribution in [2.45, 2.75) is 11.2 Å². The molecular formula is C39H39B14N3O. The molecule has 2 aliphatic rings. The fourth-order valence-electron chi connectivity index (χ4n) is 10.6. The van der Waals surface area contributed by atoms with Crippen molar-refractivity contribution >= 4 is 186 Å². The summed E-state index contributed by atoms with van der Waals surface area (Å²) < 4.78 is 7.25. The van der Waals surface area contributed by atoms with Crippen LogP contribution in [0.25, 0.3) is 61.7 Å². The first-order valence-corrected chi connectivity index (χ1v) is 20.4. The van der Waals surface area contributed by atoms with Crippen molar-refractivity contribution in [2.75, 3.05) is 0 Å². The Balaban J connectivity index is 1.44. The van der Waals surface area contributed by atoms with Crippen LogP contribution in [0.4, 0.5) is 0 Å². The smallest absolute Gasteiger partial charge is 0.164 e. The summed E-state index contributed by atoms with van der Waals surface area (Å²) in [6.45, 7) is 0. The molecule has 0 spiro atoms. The number of aromatic nitrogens is 3. The number of benzene rings is 5. The van der Waals surface area contributed by atoms with Crippen molar-refractivity contribution < 1.29 is 4.42 Å². The third-order valence-electron chi connectivity index (χ3n) is 15.0. The largest absolute Gasteiger partial charge is 0.458 e. The summed E-state index contributed by atoms with van der Waals surface area (Å²) in [5.41, 5.74) is 28.2. The minimum Gasteiger partial charge on any atom is -0.458 e. The Bertz CT molecular complexity index is 2840. The molecule has 0 saturated heterocycles. The topological polar surface area (TPSA) is 51.8 Å². The highest BCUT2D eigenvalue weighted by Gasteiger charge is 2.53. The van der Waals surface area contributed by atoms with Gasteiger partial charge in [0.2, 0.25) is 0 Å². The van der Waals surface area contributed by atoms with E-state index in [1.54, 1.807) is 0 Å². The van der Waals surface area contributed by atoms with Crippen molar-refractivity contribution in [3.8, 4) is 45.3 Å². The predicted octanol–water partition coefficient (Wildman–Crippen LogP) is -12.9. The molecule has 7 aromatic rings. The van der Waals surface area contributed by atoms with Gasteiger partial charge in [-0.1, -0.05) is 104 Å². The molecule has 0 amide bonds. The molecule has 9 rings (SSSR count). The lowest BCUT2D eigenvalue weighted by Crippen LogP contribution is -2.51. The van der Waals surface area contributed by atoms with E-state index < -0.39 is 5.31 Å². The normalized spacial score (nSPS) is 15.9. The van der Waals surface area contributed by atoms with Crippen LogP contribution in [0.2, 0.25) is 0 Å². The Morgan fingerprint density at radius 3 is 1.33 bits per heavy atom. The van der Waals surface area contributed by atoms with Crippen molar-refractivity contribution in [1.82, 2.24) is 15.0 Å². The summed E-state index contributed by atoms with van der Waals surface area (Å²) in [6, 6.07) is 20.6. The van der Waals surface area contributed by atoms with Crippen molar-refractivity contribution in [1.29, 1.82) is 0 Å². The molecule has 18 heteroatoms. The molecule has 57 heavy (non-hydrogen) atoms. The lowest BCUT2D eigenvalue weighted by Gasteiger charge is -2.39. The molecule has 2 aromatic heterocycles. The minimum absolute atomic E-state index is 0.0726. The zero-order valence-electron chi connectivity index (χ0n) is 36.1. The summed E-state index contributed by atoms with van der Waals surface area (Å²) in [5.74, 6) is 3.05. The van der Waals surface area contributed by atoms with Gasteiger partial charge in [0.1, 0.15) is 121 Å². The zero-order chi connectivity index (χ0) is 40.6. The van der Waals surface area contributed by atoms with Crippen LogP contribution < -0.4 is 60.1 Å². The molecule has 4 nitrogen and oxygen atoms in total. The monoisotopic (exact) mass is 719 g/mol. The van der Waals surface area contributed by atoms with Gasteiger partial charge in [0, 0.05) is 33.6 Å². The molecule has 1 unspecified atom stereocenters. The number of fused-ring (bicyclic) bond motifs is 6. The van der Waals surface area contributed by atoms with Gasteiger partial charge in [0.05, 0.1) is 0 Å². The van der Waals surface area contributed by atoms with E-state index in [1.165, 1.54) is 98.9 Å². The molecule has 0 fully saturated rings. The first kappa shape index (κ1) is 37.9. The van der Waals surface area contributed by atoms with Crippen LogP contribution in [-0.2, 0) is 5.31 Å². The first-order chi connectivity index (χ1) is 27.1. The molecule has 2 heterocycles. The molecule has 5 aromatic carbocycles. The maximum absolute atomic E-state index is 7.25.